The van der Waals surface area contributed by atoms with Crippen molar-refractivity contribution in [3.8, 4) is 0 Å². The zero-order valence-corrected chi connectivity index (χ0v) is 16.8. The second-order valence-electron chi connectivity index (χ2n) is 8.26. The van der Waals surface area contributed by atoms with Gasteiger partial charge in [0, 0.05) is 39.0 Å². The van der Waals surface area contributed by atoms with Crippen molar-refractivity contribution in [3.05, 3.63) is 17.8 Å². The maximum absolute atomic E-state index is 12.8. The van der Waals surface area contributed by atoms with E-state index in [1.165, 1.54) is 0 Å². The van der Waals surface area contributed by atoms with Crippen LogP contribution in [0.5, 0.6) is 0 Å². The largest absolute Gasteiger partial charge is 0.355 e. The Balaban J connectivity index is 1.48. The molecule has 0 saturated carbocycles. The maximum atomic E-state index is 12.8. The van der Waals surface area contributed by atoms with E-state index in [2.05, 4.69) is 36.5 Å². The number of carbonyl (C=O) groups excluding carboxylic acids is 2. The van der Waals surface area contributed by atoms with E-state index < -0.39 is 0 Å². The lowest BCUT2D eigenvalue weighted by Gasteiger charge is -2.56. The third-order valence-corrected chi connectivity index (χ3v) is 7.42. The average molecular weight is 400 g/mol. The van der Waals surface area contributed by atoms with Gasteiger partial charge in [-0.3, -0.25) is 9.59 Å². The monoisotopic (exact) mass is 399 g/mol. The molecule has 2 bridgehead atoms. The second kappa shape index (κ2) is 6.99. The first-order chi connectivity index (χ1) is 13.6. The molecule has 2 aromatic rings. The molecule has 0 aliphatic carbocycles. The van der Waals surface area contributed by atoms with Gasteiger partial charge in [-0.1, -0.05) is 0 Å². The van der Waals surface area contributed by atoms with Crippen LogP contribution in [0, 0.1) is 11.8 Å². The molecule has 5 heterocycles. The van der Waals surface area contributed by atoms with Gasteiger partial charge in [-0.05, 0) is 42.5 Å². The summed E-state index contributed by atoms with van der Waals surface area (Å²) >= 11 is 1.64. The van der Waals surface area contributed by atoms with Crippen molar-refractivity contribution in [1.29, 1.82) is 0 Å². The van der Waals surface area contributed by atoms with Crippen LogP contribution in [0.1, 0.15) is 32.6 Å². The zero-order chi connectivity index (χ0) is 19.3. The van der Waals surface area contributed by atoms with Crippen molar-refractivity contribution < 1.29 is 9.59 Å². The predicted molar refractivity (Wildman–Crippen MR) is 108 cm³/mol. The summed E-state index contributed by atoms with van der Waals surface area (Å²) in [7, 11) is 0. The fourth-order valence-corrected chi connectivity index (χ4v) is 6.22. The number of thiophene rings is 1. The molecule has 2 amide bonds. The van der Waals surface area contributed by atoms with Crippen molar-refractivity contribution in [1.82, 2.24) is 20.2 Å². The quantitative estimate of drug-likeness (QED) is 0.855. The number of aromatic nitrogens is 2. The van der Waals surface area contributed by atoms with E-state index in [0.29, 0.717) is 24.8 Å². The molecular formula is C20H25N5O2S. The highest BCUT2D eigenvalue weighted by atomic mass is 32.1. The molecule has 1 N–H and O–H groups in total. The number of hydrogen-bond acceptors (Lipinski definition) is 6. The summed E-state index contributed by atoms with van der Waals surface area (Å²) in [6, 6.07) is 2.45. The van der Waals surface area contributed by atoms with Crippen molar-refractivity contribution in [2.75, 3.05) is 24.5 Å². The van der Waals surface area contributed by atoms with Crippen LogP contribution in [-0.4, -0.2) is 58.4 Å². The standard InChI is InChI=1S/C20H25N5O2S/c1-12(26)21-8-17-14-7-13(16-3-2-4-18(27)25(16)17)9-24(10-14)19-15-5-6-28-20(15)23-11-22-19/h5-6,11,13-14,16-17H,2-4,7-10H2,1H3,(H,21,26)/t13-,14+,16+,17+/m1/s1. The van der Waals surface area contributed by atoms with Gasteiger partial charge in [0.2, 0.25) is 11.8 Å². The number of nitrogens with zero attached hydrogens (tertiary/aromatic N) is 4. The Morgan fingerprint density at radius 2 is 2.18 bits per heavy atom. The highest BCUT2D eigenvalue weighted by Crippen LogP contribution is 2.43. The van der Waals surface area contributed by atoms with E-state index in [9.17, 15) is 9.59 Å². The molecule has 0 unspecified atom stereocenters. The van der Waals surface area contributed by atoms with E-state index >= 15 is 0 Å². The Morgan fingerprint density at radius 1 is 1.32 bits per heavy atom. The van der Waals surface area contributed by atoms with Crippen LogP contribution >= 0.6 is 11.3 Å². The molecule has 2 aromatic heterocycles. The van der Waals surface area contributed by atoms with Gasteiger partial charge < -0.3 is 15.1 Å². The number of carbonyl (C=O) groups is 2. The van der Waals surface area contributed by atoms with E-state index in [1.54, 1.807) is 24.6 Å². The molecule has 0 radical (unpaired) electrons. The lowest BCUT2D eigenvalue weighted by atomic mass is 9.72. The fourth-order valence-electron chi connectivity index (χ4n) is 5.49. The maximum Gasteiger partial charge on any atom is 0.223 e. The van der Waals surface area contributed by atoms with Gasteiger partial charge in [-0.2, -0.15) is 0 Å². The summed E-state index contributed by atoms with van der Waals surface area (Å²) in [5.41, 5.74) is 0. The third-order valence-electron chi connectivity index (χ3n) is 6.60. The summed E-state index contributed by atoms with van der Waals surface area (Å²) in [6.45, 7) is 3.88. The number of rotatable bonds is 3. The third kappa shape index (κ3) is 2.94. The molecule has 3 aliphatic rings. The molecule has 0 aromatic carbocycles. The first-order valence-corrected chi connectivity index (χ1v) is 11.0. The number of piperidine rings is 3. The van der Waals surface area contributed by atoms with E-state index in [-0.39, 0.29) is 23.9 Å². The molecular weight excluding hydrogens is 374 g/mol. The van der Waals surface area contributed by atoms with E-state index in [0.717, 1.165) is 48.4 Å². The Bertz CT molecular complexity index is 915. The van der Waals surface area contributed by atoms with E-state index in [1.807, 2.05) is 0 Å². The first kappa shape index (κ1) is 17.8. The van der Waals surface area contributed by atoms with Crippen LogP contribution in [0.4, 0.5) is 5.82 Å². The first-order valence-electron chi connectivity index (χ1n) is 10.1. The van der Waals surface area contributed by atoms with Crippen molar-refractivity contribution in [2.45, 2.75) is 44.7 Å². The van der Waals surface area contributed by atoms with E-state index in [4.69, 9.17) is 0 Å². The van der Waals surface area contributed by atoms with Crippen LogP contribution in [0.25, 0.3) is 10.2 Å². The number of amides is 2. The Kier molecular flexibility index (Phi) is 4.45. The lowest BCUT2D eigenvalue weighted by Crippen LogP contribution is -2.67. The number of fused-ring (bicyclic) bond motifs is 5. The minimum atomic E-state index is -0.0356. The SMILES string of the molecule is CC(=O)NC[C@H]1[C@H]2C[C@H](CN(c3ncnc4sccc34)C2)[C@@H]2CCCC(=O)N21. The molecule has 3 fully saturated rings. The Hall–Kier alpha value is -2.22. The smallest absolute Gasteiger partial charge is 0.223 e. The second-order valence-corrected chi connectivity index (χ2v) is 9.16. The zero-order valence-electron chi connectivity index (χ0n) is 16.0. The van der Waals surface area contributed by atoms with Crippen LogP contribution < -0.4 is 10.2 Å². The number of nitrogens with one attached hydrogen (secondary N) is 1. The van der Waals surface area contributed by atoms with Crippen LogP contribution in [0.3, 0.4) is 0 Å². The molecule has 148 valence electrons. The van der Waals surface area contributed by atoms with Gasteiger partial charge in [-0.25, -0.2) is 9.97 Å². The normalized spacial score (nSPS) is 29.7. The predicted octanol–water partition coefficient (Wildman–Crippen LogP) is 2.03. The van der Waals surface area contributed by atoms with Gasteiger partial charge >= 0.3 is 0 Å². The van der Waals surface area contributed by atoms with Crippen LogP contribution in [0.2, 0.25) is 0 Å². The number of hydrogen-bond donors (Lipinski definition) is 1. The molecule has 0 spiro atoms. The molecule has 28 heavy (non-hydrogen) atoms. The molecule has 8 heteroatoms. The Morgan fingerprint density at radius 3 is 3.04 bits per heavy atom. The van der Waals surface area contributed by atoms with Crippen molar-refractivity contribution in [3.63, 3.8) is 0 Å². The summed E-state index contributed by atoms with van der Waals surface area (Å²) < 4.78 is 0. The van der Waals surface area contributed by atoms with Gasteiger partial charge in [0.25, 0.3) is 0 Å². The average Bonchev–Trinajstić information content (AvgIpc) is 3.17. The minimum Gasteiger partial charge on any atom is -0.355 e. The molecule has 3 saturated heterocycles. The highest BCUT2D eigenvalue weighted by Gasteiger charge is 2.49. The lowest BCUT2D eigenvalue weighted by molar-refractivity contribution is -0.149. The van der Waals surface area contributed by atoms with Gasteiger partial charge in [0.15, 0.2) is 0 Å². The highest BCUT2D eigenvalue weighted by molar-refractivity contribution is 7.16. The number of anilines is 1. The molecule has 4 atom stereocenters. The van der Waals surface area contributed by atoms with Crippen molar-refractivity contribution >= 4 is 39.2 Å². The summed E-state index contributed by atoms with van der Waals surface area (Å²) in [6.07, 6.45) is 5.44. The molecule has 5 rings (SSSR count). The Labute approximate surface area is 168 Å². The van der Waals surface area contributed by atoms with Crippen LogP contribution in [0.15, 0.2) is 17.8 Å². The molecule has 3 aliphatic heterocycles. The van der Waals surface area contributed by atoms with Gasteiger partial charge in [-0.15, -0.1) is 11.3 Å². The van der Waals surface area contributed by atoms with Crippen molar-refractivity contribution in [2.24, 2.45) is 11.8 Å². The minimum absolute atomic E-state index is 0.0356. The van der Waals surface area contributed by atoms with Gasteiger partial charge in [0.05, 0.1) is 11.4 Å². The van der Waals surface area contributed by atoms with Crippen LogP contribution in [-0.2, 0) is 9.59 Å². The summed E-state index contributed by atoms with van der Waals surface area (Å²) in [5, 5.41) is 6.15. The topological polar surface area (TPSA) is 78.4 Å². The summed E-state index contributed by atoms with van der Waals surface area (Å²) in [4.78, 5) is 38.9. The van der Waals surface area contributed by atoms with Gasteiger partial charge in [0.1, 0.15) is 17.0 Å². The summed E-state index contributed by atoms with van der Waals surface area (Å²) in [5.74, 6) is 2.03. The molecule has 7 nitrogen and oxygen atoms in total. The fraction of sp³-hybridized carbons (Fsp3) is 0.600.